The second kappa shape index (κ2) is 4.64. The fourth-order valence-electron chi connectivity index (χ4n) is 3.38. The molecule has 1 atom stereocenters. The Bertz CT molecular complexity index is 581. The zero-order chi connectivity index (χ0) is 13.5. The van der Waals surface area contributed by atoms with Crippen LogP contribution in [0.3, 0.4) is 0 Å². The van der Waals surface area contributed by atoms with Gasteiger partial charge < -0.3 is 9.52 Å². The van der Waals surface area contributed by atoms with Crippen molar-refractivity contribution >= 4 is 11.0 Å². The molecule has 3 rings (SSSR count). The molecule has 1 unspecified atom stereocenters. The maximum absolute atomic E-state index is 13.6. The van der Waals surface area contributed by atoms with Gasteiger partial charge in [0.05, 0.1) is 0 Å². The van der Waals surface area contributed by atoms with Crippen LogP contribution in [-0.2, 0) is 0 Å². The van der Waals surface area contributed by atoms with Crippen LogP contribution in [0.1, 0.15) is 50.9 Å². The van der Waals surface area contributed by atoms with Crippen molar-refractivity contribution < 1.29 is 13.9 Å². The van der Waals surface area contributed by atoms with Crippen LogP contribution in [0, 0.1) is 11.2 Å². The number of halogens is 1. The summed E-state index contributed by atoms with van der Waals surface area (Å²) in [4.78, 5) is 0. The minimum Gasteiger partial charge on any atom is -0.455 e. The molecule has 0 amide bonds. The molecule has 1 saturated carbocycles. The Morgan fingerprint density at radius 3 is 2.74 bits per heavy atom. The van der Waals surface area contributed by atoms with E-state index in [-0.39, 0.29) is 16.8 Å². The minimum absolute atomic E-state index is 0.0929. The summed E-state index contributed by atoms with van der Waals surface area (Å²) in [6.45, 7) is 2.11. The van der Waals surface area contributed by atoms with E-state index in [1.807, 2.05) is 6.07 Å². The van der Waals surface area contributed by atoms with Gasteiger partial charge in [-0.05, 0) is 31.4 Å². The third-order valence-electron chi connectivity index (χ3n) is 4.67. The molecule has 2 aromatic rings. The van der Waals surface area contributed by atoms with Crippen LogP contribution in [0.25, 0.3) is 11.0 Å². The lowest BCUT2D eigenvalue weighted by atomic mass is 9.77. The summed E-state index contributed by atoms with van der Waals surface area (Å²) in [6.07, 6.45) is 4.63. The number of benzene rings is 1. The van der Waals surface area contributed by atoms with E-state index in [2.05, 4.69) is 6.92 Å². The van der Waals surface area contributed by atoms with Crippen LogP contribution >= 0.6 is 0 Å². The molecule has 1 aliphatic rings. The van der Waals surface area contributed by atoms with Gasteiger partial charge in [0.1, 0.15) is 11.9 Å². The van der Waals surface area contributed by atoms with E-state index >= 15 is 0 Å². The minimum atomic E-state index is -0.633. The highest BCUT2D eigenvalue weighted by Gasteiger charge is 2.41. The van der Waals surface area contributed by atoms with Gasteiger partial charge in [-0.15, -0.1) is 0 Å². The van der Waals surface area contributed by atoms with Crippen molar-refractivity contribution in [2.24, 2.45) is 5.41 Å². The molecule has 1 N–H and O–H groups in total. The Kier molecular flexibility index (Phi) is 3.09. The summed E-state index contributed by atoms with van der Waals surface area (Å²) in [5, 5.41) is 11.4. The molecule has 1 fully saturated rings. The number of rotatable bonds is 3. The van der Waals surface area contributed by atoms with E-state index in [1.165, 1.54) is 6.07 Å². The van der Waals surface area contributed by atoms with Gasteiger partial charge in [-0.3, -0.25) is 0 Å². The first kappa shape index (κ1) is 12.7. The third kappa shape index (κ3) is 1.96. The van der Waals surface area contributed by atoms with Crippen LogP contribution < -0.4 is 0 Å². The van der Waals surface area contributed by atoms with Crippen molar-refractivity contribution in [1.82, 2.24) is 0 Å². The second-order valence-corrected chi connectivity index (χ2v) is 5.63. The van der Waals surface area contributed by atoms with E-state index in [4.69, 9.17) is 4.42 Å². The van der Waals surface area contributed by atoms with Crippen molar-refractivity contribution in [1.29, 1.82) is 0 Å². The molecule has 0 saturated heterocycles. The Morgan fingerprint density at radius 2 is 2.11 bits per heavy atom. The Hall–Kier alpha value is -1.35. The van der Waals surface area contributed by atoms with Gasteiger partial charge in [0, 0.05) is 10.8 Å². The summed E-state index contributed by atoms with van der Waals surface area (Å²) < 4.78 is 19.2. The van der Waals surface area contributed by atoms with Gasteiger partial charge in [0.25, 0.3) is 0 Å². The molecular weight excluding hydrogens is 243 g/mol. The van der Waals surface area contributed by atoms with Gasteiger partial charge in [0.15, 0.2) is 11.4 Å². The molecule has 3 heteroatoms. The molecule has 0 aliphatic heterocycles. The first-order chi connectivity index (χ1) is 9.16. The maximum atomic E-state index is 13.6. The van der Waals surface area contributed by atoms with Crippen molar-refractivity contribution in [3.05, 3.63) is 35.8 Å². The van der Waals surface area contributed by atoms with Crippen LogP contribution in [-0.4, -0.2) is 5.11 Å². The predicted octanol–water partition coefficient (Wildman–Crippen LogP) is 4.58. The van der Waals surface area contributed by atoms with Crippen molar-refractivity contribution in [2.75, 3.05) is 0 Å². The van der Waals surface area contributed by atoms with E-state index in [0.29, 0.717) is 5.76 Å². The zero-order valence-electron chi connectivity index (χ0n) is 11.2. The number of fused-ring (bicyclic) bond motifs is 1. The number of hydrogen-bond acceptors (Lipinski definition) is 2. The van der Waals surface area contributed by atoms with Gasteiger partial charge in [-0.25, -0.2) is 4.39 Å². The molecule has 1 aromatic heterocycles. The van der Waals surface area contributed by atoms with Crippen LogP contribution in [0.4, 0.5) is 4.39 Å². The fourth-order valence-corrected chi connectivity index (χ4v) is 3.38. The van der Waals surface area contributed by atoms with Crippen molar-refractivity contribution in [2.45, 2.75) is 45.1 Å². The molecule has 2 nitrogen and oxygen atoms in total. The summed E-state index contributed by atoms with van der Waals surface area (Å²) >= 11 is 0. The lowest BCUT2D eigenvalue weighted by Crippen LogP contribution is -2.24. The first-order valence-electron chi connectivity index (χ1n) is 7.02. The molecular formula is C16H19FO2. The standard InChI is InChI=1S/C16H19FO2/c1-2-16(8-3-4-9-16)15(18)13-10-11-6-5-7-12(17)14(11)19-13/h5-7,10,15,18H,2-4,8-9H2,1H3. The van der Waals surface area contributed by atoms with E-state index in [1.54, 1.807) is 12.1 Å². The molecule has 19 heavy (non-hydrogen) atoms. The van der Waals surface area contributed by atoms with Crippen LogP contribution in [0.5, 0.6) is 0 Å². The highest BCUT2D eigenvalue weighted by atomic mass is 19.1. The number of hydrogen-bond donors (Lipinski definition) is 1. The van der Waals surface area contributed by atoms with E-state index in [9.17, 15) is 9.50 Å². The van der Waals surface area contributed by atoms with Crippen LogP contribution in [0.2, 0.25) is 0 Å². The fraction of sp³-hybridized carbons (Fsp3) is 0.500. The Morgan fingerprint density at radius 1 is 1.37 bits per heavy atom. The third-order valence-corrected chi connectivity index (χ3v) is 4.67. The van der Waals surface area contributed by atoms with Crippen LogP contribution in [0.15, 0.2) is 28.7 Å². The maximum Gasteiger partial charge on any atom is 0.170 e. The number of furan rings is 1. The lowest BCUT2D eigenvalue weighted by molar-refractivity contribution is 0.00867. The monoisotopic (exact) mass is 262 g/mol. The van der Waals surface area contributed by atoms with Gasteiger partial charge in [-0.2, -0.15) is 0 Å². The molecule has 1 aliphatic carbocycles. The molecule has 1 heterocycles. The summed E-state index contributed by atoms with van der Waals surface area (Å²) in [7, 11) is 0. The molecule has 102 valence electrons. The average Bonchev–Trinajstić information content (AvgIpc) is 3.06. The highest BCUT2D eigenvalue weighted by molar-refractivity contribution is 5.78. The zero-order valence-corrected chi connectivity index (χ0v) is 11.2. The molecule has 1 aromatic carbocycles. The summed E-state index contributed by atoms with van der Waals surface area (Å²) in [5.41, 5.74) is 0.158. The van der Waals surface area contributed by atoms with E-state index < -0.39 is 6.10 Å². The number of para-hydroxylation sites is 1. The highest BCUT2D eigenvalue weighted by Crippen LogP contribution is 2.50. The van der Waals surface area contributed by atoms with Gasteiger partial charge in [0.2, 0.25) is 0 Å². The molecule has 0 bridgehead atoms. The normalized spacial score (nSPS) is 19.9. The second-order valence-electron chi connectivity index (χ2n) is 5.63. The van der Waals surface area contributed by atoms with E-state index in [0.717, 1.165) is 37.5 Å². The lowest BCUT2D eigenvalue weighted by Gasteiger charge is -2.31. The summed E-state index contributed by atoms with van der Waals surface area (Å²) in [5.74, 6) is 0.136. The predicted molar refractivity (Wildman–Crippen MR) is 72.3 cm³/mol. The van der Waals surface area contributed by atoms with Gasteiger partial charge in [-0.1, -0.05) is 31.9 Å². The first-order valence-corrected chi connectivity index (χ1v) is 7.02. The largest absolute Gasteiger partial charge is 0.455 e. The summed E-state index contributed by atoms with van der Waals surface area (Å²) in [6, 6.07) is 6.63. The topological polar surface area (TPSA) is 33.4 Å². The SMILES string of the molecule is CCC1(C(O)c2cc3cccc(F)c3o2)CCCC1. The van der Waals surface area contributed by atoms with Gasteiger partial charge >= 0.3 is 0 Å². The molecule has 0 radical (unpaired) electrons. The molecule has 0 spiro atoms. The van der Waals surface area contributed by atoms with Crippen molar-refractivity contribution in [3.8, 4) is 0 Å². The Labute approximate surface area is 112 Å². The number of aliphatic hydroxyl groups excluding tert-OH is 1. The average molecular weight is 262 g/mol. The quantitative estimate of drug-likeness (QED) is 0.878. The van der Waals surface area contributed by atoms with Crippen molar-refractivity contribution in [3.63, 3.8) is 0 Å². The smallest absolute Gasteiger partial charge is 0.170 e. The Balaban J connectivity index is 2.01. The number of aliphatic hydroxyl groups is 1.